The monoisotopic (exact) mass is 580 g/mol. The number of halogens is 2. The summed E-state index contributed by atoms with van der Waals surface area (Å²) in [5.41, 5.74) is 0.512. The lowest BCUT2D eigenvalue weighted by Crippen LogP contribution is -2.60. The Bertz CT molecular complexity index is 1300. The summed E-state index contributed by atoms with van der Waals surface area (Å²) in [7, 11) is -3.52. The maximum atomic E-state index is 14.3. The van der Waals surface area contributed by atoms with Crippen molar-refractivity contribution < 1.29 is 23.1 Å². The number of carboxylic acid groups (broad SMARTS) is 1. The van der Waals surface area contributed by atoms with Crippen LogP contribution < -0.4 is 4.72 Å². The number of hydrogen-bond donors (Lipinski definition) is 2. The van der Waals surface area contributed by atoms with Gasteiger partial charge in [0.25, 0.3) is 0 Å². The molecule has 7 nitrogen and oxygen atoms in total. The maximum Gasteiger partial charge on any atom is 0.304 e. The number of carbonyl (C=O) groups is 2. The van der Waals surface area contributed by atoms with Gasteiger partial charge in [0.1, 0.15) is 0 Å². The number of nitrogens with zero attached hydrogens (tertiary/aromatic N) is 1. The number of benzene rings is 2. The molecule has 2 fully saturated rings. The van der Waals surface area contributed by atoms with Gasteiger partial charge in [-0.25, -0.2) is 13.1 Å². The van der Waals surface area contributed by atoms with Crippen LogP contribution in [0.2, 0.25) is 10.0 Å². The second-order valence-electron chi connectivity index (χ2n) is 10.8. The Hall–Kier alpha value is -2.13. The molecule has 5 atom stereocenters. The van der Waals surface area contributed by atoms with Crippen LogP contribution in [0.4, 0.5) is 0 Å². The summed E-state index contributed by atoms with van der Waals surface area (Å²) in [4.78, 5) is 28.0. The molecule has 10 heteroatoms. The van der Waals surface area contributed by atoms with E-state index in [-0.39, 0.29) is 18.2 Å². The number of rotatable bonds is 10. The minimum absolute atomic E-state index is 0.293. The minimum Gasteiger partial charge on any atom is -0.481 e. The molecule has 1 heterocycles. The first-order valence-corrected chi connectivity index (χ1v) is 15.2. The van der Waals surface area contributed by atoms with Crippen LogP contribution in [-0.2, 0) is 19.6 Å². The van der Waals surface area contributed by atoms with Crippen molar-refractivity contribution in [2.45, 2.75) is 82.2 Å². The molecule has 1 aliphatic carbocycles. The number of nitrogens with one attached hydrogen (secondary N) is 1. The highest BCUT2D eigenvalue weighted by Gasteiger charge is 2.53. The SMILES string of the molecule is CCC(C(C)NS(=O)(=O)C1CC1)N1C(=O)[C@@](C)(CC(=O)O)C[C@H](c2cccc(Cl)c2)[C@H]1c1ccc(Cl)cc1. The van der Waals surface area contributed by atoms with E-state index in [0.29, 0.717) is 35.7 Å². The first kappa shape index (κ1) is 28.9. The molecule has 1 saturated carbocycles. The summed E-state index contributed by atoms with van der Waals surface area (Å²) in [6.45, 7) is 5.38. The van der Waals surface area contributed by atoms with Gasteiger partial charge in [0.15, 0.2) is 0 Å². The topological polar surface area (TPSA) is 104 Å². The number of sulfonamides is 1. The zero-order chi connectivity index (χ0) is 27.8. The first-order chi connectivity index (χ1) is 17.9. The molecule has 1 saturated heterocycles. The van der Waals surface area contributed by atoms with Crippen molar-refractivity contribution in [2.75, 3.05) is 0 Å². The molecule has 1 amide bonds. The van der Waals surface area contributed by atoms with Crippen molar-refractivity contribution in [1.29, 1.82) is 0 Å². The molecule has 206 valence electrons. The fourth-order valence-corrected chi connectivity index (χ4v) is 7.80. The molecular formula is C28H34Cl2N2O5S. The van der Waals surface area contributed by atoms with E-state index in [9.17, 15) is 23.1 Å². The molecule has 0 radical (unpaired) electrons. The van der Waals surface area contributed by atoms with Gasteiger partial charge in [-0.2, -0.15) is 0 Å². The first-order valence-electron chi connectivity index (χ1n) is 12.9. The zero-order valence-electron chi connectivity index (χ0n) is 21.7. The van der Waals surface area contributed by atoms with E-state index in [0.717, 1.165) is 11.1 Å². The average molecular weight is 582 g/mol. The van der Waals surface area contributed by atoms with Crippen LogP contribution in [0.3, 0.4) is 0 Å². The predicted octanol–water partition coefficient (Wildman–Crippen LogP) is 5.78. The Morgan fingerprint density at radius 3 is 2.34 bits per heavy atom. The van der Waals surface area contributed by atoms with Crippen molar-refractivity contribution >= 4 is 45.1 Å². The van der Waals surface area contributed by atoms with Gasteiger partial charge in [-0.15, -0.1) is 0 Å². The highest BCUT2D eigenvalue weighted by molar-refractivity contribution is 7.90. The van der Waals surface area contributed by atoms with Crippen molar-refractivity contribution in [2.24, 2.45) is 5.41 Å². The summed E-state index contributed by atoms with van der Waals surface area (Å²) >= 11 is 12.6. The number of amides is 1. The van der Waals surface area contributed by atoms with Crippen LogP contribution >= 0.6 is 23.2 Å². The standard InChI is InChI=1S/C28H34Cl2N2O5S/c1-4-24(17(2)31-38(36,37)22-12-13-22)32-26(18-8-10-20(29)11-9-18)23(19-6-5-7-21(30)14-19)15-28(3,27(32)35)16-25(33)34/h5-11,14,17,22-24,26,31H,4,12-13,15-16H2,1-3H3,(H,33,34)/t17?,23-,24?,26-,28-/m1/s1. The molecular weight excluding hydrogens is 547 g/mol. The summed E-state index contributed by atoms with van der Waals surface area (Å²) in [6.07, 6.45) is 1.67. The Balaban J connectivity index is 1.87. The van der Waals surface area contributed by atoms with Crippen molar-refractivity contribution in [3.8, 4) is 0 Å². The summed E-state index contributed by atoms with van der Waals surface area (Å²) in [6, 6.07) is 13.1. The van der Waals surface area contributed by atoms with Gasteiger partial charge in [-0.3, -0.25) is 9.59 Å². The quantitative estimate of drug-likeness (QED) is 0.370. The third-order valence-electron chi connectivity index (χ3n) is 7.80. The van der Waals surface area contributed by atoms with Crippen LogP contribution in [0, 0.1) is 5.41 Å². The van der Waals surface area contributed by atoms with E-state index < -0.39 is 44.8 Å². The van der Waals surface area contributed by atoms with Gasteiger partial charge in [0, 0.05) is 28.0 Å². The normalized spacial score (nSPS) is 25.7. The van der Waals surface area contributed by atoms with Gasteiger partial charge in [-0.1, -0.05) is 61.3 Å². The van der Waals surface area contributed by atoms with Crippen molar-refractivity contribution in [3.63, 3.8) is 0 Å². The molecule has 0 bridgehead atoms. The molecule has 0 aromatic heterocycles. The number of aliphatic carboxylic acids is 1. The maximum absolute atomic E-state index is 14.3. The Morgan fingerprint density at radius 1 is 1.13 bits per heavy atom. The smallest absolute Gasteiger partial charge is 0.304 e. The number of carbonyl (C=O) groups excluding carboxylic acids is 1. The Kier molecular flexibility index (Phi) is 8.48. The third-order valence-corrected chi connectivity index (χ3v) is 10.3. The summed E-state index contributed by atoms with van der Waals surface area (Å²) in [5, 5.41) is 10.5. The van der Waals surface area contributed by atoms with E-state index in [1.54, 1.807) is 36.9 Å². The van der Waals surface area contributed by atoms with E-state index in [1.165, 1.54) is 0 Å². The van der Waals surface area contributed by atoms with Crippen LogP contribution in [0.1, 0.15) is 76.0 Å². The number of likely N-dealkylation sites (tertiary alicyclic amines) is 1. The van der Waals surface area contributed by atoms with Gasteiger partial charge < -0.3 is 10.0 Å². The van der Waals surface area contributed by atoms with Crippen LogP contribution in [-0.4, -0.2) is 47.6 Å². The second kappa shape index (κ2) is 11.2. The molecule has 4 rings (SSSR count). The molecule has 1 aliphatic heterocycles. The molecule has 2 N–H and O–H groups in total. The third kappa shape index (κ3) is 6.03. The number of carboxylic acids is 1. The minimum atomic E-state index is -3.52. The molecule has 38 heavy (non-hydrogen) atoms. The van der Waals surface area contributed by atoms with E-state index >= 15 is 0 Å². The Labute approximate surface area is 234 Å². The van der Waals surface area contributed by atoms with E-state index in [2.05, 4.69) is 4.72 Å². The highest BCUT2D eigenvalue weighted by atomic mass is 35.5. The van der Waals surface area contributed by atoms with Crippen LogP contribution in [0.15, 0.2) is 48.5 Å². The lowest BCUT2D eigenvalue weighted by atomic mass is 9.66. The molecule has 2 aromatic rings. The second-order valence-corrected chi connectivity index (χ2v) is 13.7. The predicted molar refractivity (Wildman–Crippen MR) is 149 cm³/mol. The van der Waals surface area contributed by atoms with E-state index in [4.69, 9.17) is 23.2 Å². The zero-order valence-corrected chi connectivity index (χ0v) is 24.1. The van der Waals surface area contributed by atoms with Gasteiger partial charge in [-0.05, 0) is 68.0 Å². The van der Waals surface area contributed by atoms with Crippen molar-refractivity contribution in [1.82, 2.24) is 9.62 Å². The lowest BCUT2D eigenvalue weighted by molar-refractivity contribution is -0.161. The van der Waals surface area contributed by atoms with Gasteiger partial charge in [0.05, 0.1) is 23.1 Å². The molecule has 2 unspecified atom stereocenters. The fraction of sp³-hybridized carbons (Fsp3) is 0.500. The summed E-state index contributed by atoms with van der Waals surface area (Å²) in [5.74, 6) is -1.66. The van der Waals surface area contributed by atoms with Crippen molar-refractivity contribution in [3.05, 3.63) is 69.7 Å². The summed E-state index contributed by atoms with van der Waals surface area (Å²) < 4.78 is 28.5. The largest absolute Gasteiger partial charge is 0.481 e. The lowest BCUT2D eigenvalue weighted by Gasteiger charge is -2.53. The van der Waals surface area contributed by atoms with Gasteiger partial charge >= 0.3 is 5.97 Å². The fourth-order valence-electron chi connectivity index (χ4n) is 5.85. The average Bonchev–Trinajstić information content (AvgIpc) is 3.68. The number of hydrogen-bond acceptors (Lipinski definition) is 4. The van der Waals surface area contributed by atoms with Gasteiger partial charge in [0.2, 0.25) is 15.9 Å². The van der Waals surface area contributed by atoms with E-state index in [1.807, 2.05) is 37.3 Å². The molecule has 2 aromatic carbocycles. The highest BCUT2D eigenvalue weighted by Crippen LogP contribution is 2.52. The van der Waals surface area contributed by atoms with Crippen LogP contribution in [0.25, 0.3) is 0 Å². The molecule has 2 aliphatic rings. The molecule has 0 spiro atoms. The number of piperidine rings is 1. The van der Waals surface area contributed by atoms with Crippen LogP contribution in [0.5, 0.6) is 0 Å². The Morgan fingerprint density at radius 2 is 1.79 bits per heavy atom.